The number of aromatic amines is 1. The lowest BCUT2D eigenvalue weighted by molar-refractivity contribution is -0.0998. The van der Waals surface area contributed by atoms with E-state index in [9.17, 15) is 0 Å². The van der Waals surface area contributed by atoms with E-state index in [1.807, 2.05) is 0 Å². The molecule has 0 bridgehead atoms. The standard InChI is InChI=1S/C16H22N2O/c1-12(18-9-16(2)10-19-11-16)7-13-8-17-15-6-4-3-5-14(13)15/h3-6,8,12,17-18H,7,9-11H2,1-2H3/t12-/m1/s1. The van der Waals surface area contributed by atoms with Gasteiger partial charge < -0.3 is 15.0 Å². The maximum Gasteiger partial charge on any atom is 0.0554 e. The van der Waals surface area contributed by atoms with Gasteiger partial charge in [-0.2, -0.15) is 0 Å². The molecule has 0 unspecified atom stereocenters. The van der Waals surface area contributed by atoms with E-state index in [-0.39, 0.29) is 0 Å². The first kappa shape index (κ1) is 12.7. The molecule has 0 amide bonds. The van der Waals surface area contributed by atoms with Crippen molar-refractivity contribution >= 4 is 10.9 Å². The smallest absolute Gasteiger partial charge is 0.0554 e. The maximum absolute atomic E-state index is 5.29. The normalized spacial score (nSPS) is 19.3. The van der Waals surface area contributed by atoms with E-state index in [0.29, 0.717) is 11.5 Å². The van der Waals surface area contributed by atoms with Crippen LogP contribution in [-0.2, 0) is 11.2 Å². The number of aromatic nitrogens is 1. The van der Waals surface area contributed by atoms with Crippen molar-refractivity contribution < 1.29 is 4.74 Å². The monoisotopic (exact) mass is 258 g/mol. The Morgan fingerprint density at radius 3 is 2.89 bits per heavy atom. The predicted octanol–water partition coefficient (Wildman–Crippen LogP) is 2.73. The van der Waals surface area contributed by atoms with Crippen LogP contribution in [-0.4, -0.2) is 30.8 Å². The van der Waals surface area contributed by atoms with Crippen LogP contribution >= 0.6 is 0 Å². The summed E-state index contributed by atoms with van der Waals surface area (Å²) in [6, 6.07) is 8.97. The van der Waals surface area contributed by atoms with Crippen molar-refractivity contribution in [3.8, 4) is 0 Å². The van der Waals surface area contributed by atoms with Gasteiger partial charge in [0.05, 0.1) is 13.2 Å². The number of hydrogen-bond donors (Lipinski definition) is 2. The van der Waals surface area contributed by atoms with Gasteiger partial charge in [-0.3, -0.25) is 0 Å². The van der Waals surface area contributed by atoms with Gasteiger partial charge in [-0.25, -0.2) is 0 Å². The van der Waals surface area contributed by atoms with Gasteiger partial charge in [0.25, 0.3) is 0 Å². The number of H-pyrrole nitrogens is 1. The zero-order valence-corrected chi connectivity index (χ0v) is 11.7. The van der Waals surface area contributed by atoms with Crippen molar-refractivity contribution in [3.63, 3.8) is 0 Å². The lowest BCUT2D eigenvalue weighted by Gasteiger charge is -2.39. The molecule has 1 atom stereocenters. The molecule has 3 rings (SSSR count). The van der Waals surface area contributed by atoms with E-state index in [0.717, 1.165) is 26.2 Å². The second-order valence-electron chi connectivity index (χ2n) is 6.15. The van der Waals surface area contributed by atoms with Crippen LogP contribution in [0.5, 0.6) is 0 Å². The summed E-state index contributed by atoms with van der Waals surface area (Å²) < 4.78 is 5.29. The van der Waals surface area contributed by atoms with Crippen molar-refractivity contribution in [1.82, 2.24) is 10.3 Å². The number of para-hydroxylation sites is 1. The third kappa shape index (κ3) is 2.67. The molecule has 0 spiro atoms. The number of benzene rings is 1. The van der Waals surface area contributed by atoms with Gasteiger partial charge in [0, 0.05) is 35.1 Å². The van der Waals surface area contributed by atoms with E-state index in [1.165, 1.54) is 16.5 Å². The van der Waals surface area contributed by atoms with Crippen molar-refractivity contribution in [1.29, 1.82) is 0 Å². The highest BCUT2D eigenvalue weighted by Gasteiger charge is 2.33. The molecule has 3 nitrogen and oxygen atoms in total. The van der Waals surface area contributed by atoms with Crippen LogP contribution in [0.1, 0.15) is 19.4 Å². The zero-order chi connectivity index (χ0) is 13.3. The van der Waals surface area contributed by atoms with Crippen LogP contribution in [0.25, 0.3) is 10.9 Å². The summed E-state index contributed by atoms with van der Waals surface area (Å²) in [5.74, 6) is 0. The minimum absolute atomic E-state index is 0.342. The van der Waals surface area contributed by atoms with Crippen molar-refractivity contribution in [3.05, 3.63) is 36.0 Å². The molecule has 2 aromatic rings. The van der Waals surface area contributed by atoms with Crippen LogP contribution in [0.4, 0.5) is 0 Å². The minimum Gasteiger partial charge on any atom is -0.380 e. The molecule has 1 aliphatic rings. The second-order valence-corrected chi connectivity index (χ2v) is 6.15. The van der Waals surface area contributed by atoms with Crippen LogP contribution in [0.3, 0.4) is 0 Å². The van der Waals surface area contributed by atoms with E-state index in [4.69, 9.17) is 4.74 Å². The quantitative estimate of drug-likeness (QED) is 0.865. The van der Waals surface area contributed by atoms with Crippen molar-refractivity contribution in [2.75, 3.05) is 19.8 Å². The number of hydrogen-bond acceptors (Lipinski definition) is 2. The Labute approximate surface area is 114 Å². The lowest BCUT2D eigenvalue weighted by Crippen LogP contribution is -2.49. The fourth-order valence-electron chi connectivity index (χ4n) is 2.68. The Hall–Kier alpha value is -1.32. The van der Waals surface area contributed by atoms with Gasteiger partial charge >= 0.3 is 0 Å². The number of nitrogens with one attached hydrogen (secondary N) is 2. The maximum atomic E-state index is 5.29. The average molecular weight is 258 g/mol. The molecule has 1 saturated heterocycles. The van der Waals surface area contributed by atoms with E-state index < -0.39 is 0 Å². The van der Waals surface area contributed by atoms with Gasteiger partial charge in [0.1, 0.15) is 0 Å². The third-order valence-electron chi connectivity index (χ3n) is 3.98. The Bertz CT molecular complexity index is 557. The molecule has 0 aliphatic carbocycles. The van der Waals surface area contributed by atoms with Gasteiger partial charge in [-0.15, -0.1) is 0 Å². The lowest BCUT2D eigenvalue weighted by atomic mass is 9.88. The van der Waals surface area contributed by atoms with Crippen LogP contribution in [0, 0.1) is 5.41 Å². The molecule has 1 fully saturated rings. The zero-order valence-electron chi connectivity index (χ0n) is 11.7. The molecule has 1 aromatic heterocycles. The molecule has 3 heteroatoms. The SMILES string of the molecule is C[C@H](Cc1c[nH]c2ccccc12)NCC1(C)COC1. The molecule has 2 heterocycles. The molecule has 0 saturated carbocycles. The fourth-order valence-corrected chi connectivity index (χ4v) is 2.68. The molecule has 1 aliphatic heterocycles. The molecule has 19 heavy (non-hydrogen) atoms. The first-order chi connectivity index (χ1) is 9.16. The van der Waals surface area contributed by atoms with E-state index in [2.05, 4.69) is 54.6 Å². The number of rotatable bonds is 5. The average Bonchev–Trinajstić information content (AvgIpc) is 2.78. The summed E-state index contributed by atoms with van der Waals surface area (Å²) in [6.45, 7) is 7.35. The van der Waals surface area contributed by atoms with Gasteiger partial charge in [-0.05, 0) is 25.0 Å². The topological polar surface area (TPSA) is 37.0 Å². The largest absolute Gasteiger partial charge is 0.380 e. The summed E-state index contributed by atoms with van der Waals surface area (Å²) >= 11 is 0. The summed E-state index contributed by atoms with van der Waals surface area (Å²) in [6.07, 6.45) is 3.19. The summed E-state index contributed by atoms with van der Waals surface area (Å²) in [4.78, 5) is 3.34. The van der Waals surface area contributed by atoms with Crippen molar-refractivity contribution in [2.45, 2.75) is 26.3 Å². The van der Waals surface area contributed by atoms with Gasteiger partial charge in [0.15, 0.2) is 0 Å². The van der Waals surface area contributed by atoms with Crippen LogP contribution in [0.15, 0.2) is 30.5 Å². The van der Waals surface area contributed by atoms with Crippen LogP contribution < -0.4 is 5.32 Å². The number of ether oxygens (including phenoxy) is 1. The third-order valence-corrected chi connectivity index (χ3v) is 3.98. The van der Waals surface area contributed by atoms with E-state index in [1.54, 1.807) is 0 Å². The predicted molar refractivity (Wildman–Crippen MR) is 78.4 cm³/mol. The molecule has 102 valence electrons. The highest BCUT2D eigenvalue weighted by molar-refractivity contribution is 5.83. The first-order valence-electron chi connectivity index (χ1n) is 7.02. The Morgan fingerprint density at radius 1 is 1.37 bits per heavy atom. The van der Waals surface area contributed by atoms with Crippen LogP contribution in [0.2, 0.25) is 0 Å². The van der Waals surface area contributed by atoms with Crippen molar-refractivity contribution in [2.24, 2.45) is 5.41 Å². The highest BCUT2D eigenvalue weighted by atomic mass is 16.5. The molecular weight excluding hydrogens is 236 g/mol. The second kappa shape index (κ2) is 4.99. The Kier molecular flexibility index (Phi) is 3.33. The Balaban J connectivity index is 1.61. The summed E-state index contributed by atoms with van der Waals surface area (Å²) in [5.41, 5.74) is 2.96. The summed E-state index contributed by atoms with van der Waals surface area (Å²) in [7, 11) is 0. The molecule has 0 radical (unpaired) electrons. The molecular formula is C16H22N2O. The Morgan fingerprint density at radius 2 is 2.16 bits per heavy atom. The summed E-state index contributed by atoms with van der Waals surface area (Å²) in [5, 5.41) is 4.98. The van der Waals surface area contributed by atoms with E-state index >= 15 is 0 Å². The van der Waals surface area contributed by atoms with Gasteiger partial charge in [-0.1, -0.05) is 25.1 Å². The molecule has 2 N–H and O–H groups in total. The minimum atomic E-state index is 0.342. The van der Waals surface area contributed by atoms with Gasteiger partial charge in [0.2, 0.25) is 0 Å². The molecule has 1 aromatic carbocycles. The highest BCUT2D eigenvalue weighted by Crippen LogP contribution is 2.25. The fraction of sp³-hybridized carbons (Fsp3) is 0.500. The first-order valence-corrected chi connectivity index (χ1v) is 7.02. The number of fused-ring (bicyclic) bond motifs is 1.